The van der Waals surface area contributed by atoms with Gasteiger partial charge in [0.15, 0.2) is 0 Å². The number of halogens is 3. The standard InChI is InChI=1S/C18H13Cl3N6O3/c1-9-2-3-11(20)7-14(9)24-16-15(27(29)30)17(23-8-22-16)25-26-18(28)12-5-4-10(19)6-13(12)21/h2-8H,1H3,(H,26,28)(H2,22,23,24,25). The molecule has 3 rings (SSSR count). The van der Waals surface area contributed by atoms with Gasteiger partial charge in [-0.15, -0.1) is 0 Å². The van der Waals surface area contributed by atoms with Gasteiger partial charge in [0.05, 0.1) is 15.5 Å². The summed E-state index contributed by atoms with van der Waals surface area (Å²) in [5.41, 5.74) is 5.74. The van der Waals surface area contributed by atoms with Crippen molar-refractivity contribution in [2.24, 2.45) is 0 Å². The molecule has 0 spiro atoms. The summed E-state index contributed by atoms with van der Waals surface area (Å²) in [6, 6.07) is 9.38. The number of aromatic nitrogens is 2. The van der Waals surface area contributed by atoms with Crippen LogP contribution >= 0.6 is 34.8 Å². The lowest BCUT2D eigenvalue weighted by atomic mass is 10.2. The molecule has 1 amide bonds. The third-order valence-corrected chi connectivity index (χ3v) is 4.71. The molecule has 0 aliphatic carbocycles. The van der Waals surface area contributed by atoms with Crippen LogP contribution in [0.3, 0.4) is 0 Å². The fraction of sp³-hybridized carbons (Fsp3) is 0.0556. The number of hydrazine groups is 1. The van der Waals surface area contributed by atoms with Gasteiger partial charge in [-0.05, 0) is 42.8 Å². The molecule has 3 N–H and O–H groups in total. The molecule has 0 bridgehead atoms. The van der Waals surface area contributed by atoms with Gasteiger partial charge in [-0.2, -0.15) is 0 Å². The quantitative estimate of drug-likeness (QED) is 0.338. The molecule has 9 nitrogen and oxygen atoms in total. The molecule has 3 aromatic rings. The normalized spacial score (nSPS) is 10.4. The highest BCUT2D eigenvalue weighted by atomic mass is 35.5. The van der Waals surface area contributed by atoms with Gasteiger partial charge in [0.25, 0.3) is 5.91 Å². The topological polar surface area (TPSA) is 122 Å². The molecule has 1 heterocycles. The molecule has 0 saturated heterocycles. The molecule has 154 valence electrons. The third kappa shape index (κ3) is 4.88. The van der Waals surface area contributed by atoms with Gasteiger partial charge in [0.2, 0.25) is 11.6 Å². The fourth-order valence-corrected chi connectivity index (χ4v) is 3.11. The van der Waals surface area contributed by atoms with Gasteiger partial charge in [0, 0.05) is 15.7 Å². The van der Waals surface area contributed by atoms with E-state index in [1.165, 1.54) is 18.2 Å². The molecule has 0 atom stereocenters. The highest BCUT2D eigenvalue weighted by Crippen LogP contribution is 2.32. The molecule has 2 aromatic carbocycles. The van der Waals surface area contributed by atoms with Crippen molar-refractivity contribution in [2.45, 2.75) is 6.92 Å². The highest BCUT2D eigenvalue weighted by Gasteiger charge is 2.24. The maximum atomic E-state index is 12.3. The number of rotatable bonds is 6. The van der Waals surface area contributed by atoms with Crippen LogP contribution in [0.2, 0.25) is 15.1 Å². The van der Waals surface area contributed by atoms with Crippen molar-refractivity contribution in [3.8, 4) is 0 Å². The maximum Gasteiger partial charge on any atom is 0.355 e. The molecule has 0 saturated carbocycles. The summed E-state index contributed by atoms with van der Waals surface area (Å²) in [5.74, 6) is -0.943. The van der Waals surface area contributed by atoms with E-state index in [4.69, 9.17) is 34.8 Å². The van der Waals surface area contributed by atoms with Crippen molar-refractivity contribution in [3.63, 3.8) is 0 Å². The zero-order valence-corrected chi connectivity index (χ0v) is 17.5. The van der Waals surface area contributed by atoms with Crippen LogP contribution in [0, 0.1) is 17.0 Å². The van der Waals surface area contributed by atoms with Crippen LogP contribution in [0.1, 0.15) is 15.9 Å². The van der Waals surface area contributed by atoms with E-state index in [1.807, 2.05) is 0 Å². The molecule has 12 heteroatoms. The predicted octanol–water partition coefficient (Wildman–Crippen LogP) is 5.15. The number of nitrogens with one attached hydrogen (secondary N) is 3. The van der Waals surface area contributed by atoms with E-state index in [-0.39, 0.29) is 22.2 Å². The minimum absolute atomic E-state index is 0.0818. The number of nitrogens with zero attached hydrogens (tertiary/aromatic N) is 3. The molecule has 0 unspecified atom stereocenters. The first kappa shape index (κ1) is 21.6. The largest absolute Gasteiger partial charge is 0.355 e. The zero-order chi connectivity index (χ0) is 21.8. The van der Waals surface area contributed by atoms with Gasteiger partial charge in [0.1, 0.15) is 6.33 Å². The van der Waals surface area contributed by atoms with Gasteiger partial charge in [-0.1, -0.05) is 40.9 Å². The molecule has 1 aromatic heterocycles. The second-order valence-corrected chi connectivity index (χ2v) is 7.24. The first-order valence-corrected chi connectivity index (χ1v) is 9.43. The third-order valence-electron chi connectivity index (χ3n) is 3.93. The molecular formula is C18H13Cl3N6O3. The molecule has 0 fully saturated rings. The van der Waals surface area contributed by atoms with Gasteiger partial charge in [-0.25, -0.2) is 9.97 Å². The van der Waals surface area contributed by atoms with Crippen molar-refractivity contribution >= 4 is 63.7 Å². The van der Waals surface area contributed by atoms with Crippen LogP contribution < -0.4 is 16.2 Å². The Labute approximate surface area is 185 Å². The monoisotopic (exact) mass is 466 g/mol. The Bertz CT molecular complexity index is 1140. The van der Waals surface area contributed by atoms with Crippen LogP contribution in [0.15, 0.2) is 42.7 Å². The van der Waals surface area contributed by atoms with Crippen LogP contribution in [0.5, 0.6) is 0 Å². The van der Waals surface area contributed by atoms with Gasteiger partial charge in [-0.3, -0.25) is 25.8 Å². The molecular weight excluding hydrogens is 455 g/mol. The number of carbonyl (C=O) groups is 1. The summed E-state index contributed by atoms with van der Waals surface area (Å²) in [6.07, 6.45) is 1.11. The number of anilines is 3. The number of carbonyl (C=O) groups excluding carboxylic acids is 1. The molecule has 30 heavy (non-hydrogen) atoms. The van der Waals surface area contributed by atoms with Crippen LogP contribution in [-0.2, 0) is 0 Å². The summed E-state index contributed by atoms with van der Waals surface area (Å²) in [4.78, 5) is 31.1. The number of aryl methyl sites for hydroxylation is 1. The van der Waals surface area contributed by atoms with Crippen LogP contribution in [-0.4, -0.2) is 20.8 Å². The number of benzene rings is 2. The first-order valence-electron chi connectivity index (χ1n) is 8.30. The van der Waals surface area contributed by atoms with E-state index in [0.29, 0.717) is 15.7 Å². The van der Waals surface area contributed by atoms with E-state index >= 15 is 0 Å². The lowest BCUT2D eigenvalue weighted by Gasteiger charge is -2.12. The minimum Gasteiger partial charge on any atom is -0.334 e. The van der Waals surface area contributed by atoms with E-state index in [0.717, 1.165) is 11.9 Å². The van der Waals surface area contributed by atoms with E-state index in [1.54, 1.807) is 25.1 Å². The van der Waals surface area contributed by atoms with E-state index in [2.05, 4.69) is 26.1 Å². The average molecular weight is 468 g/mol. The predicted molar refractivity (Wildman–Crippen MR) is 116 cm³/mol. The second kappa shape index (κ2) is 9.12. The summed E-state index contributed by atoms with van der Waals surface area (Å²) in [5, 5.41) is 15.5. The molecule has 0 radical (unpaired) electrons. The summed E-state index contributed by atoms with van der Waals surface area (Å²) >= 11 is 17.8. The van der Waals surface area contributed by atoms with E-state index in [9.17, 15) is 14.9 Å². The average Bonchev–Trinajstić information content (AvgIpc) is 2.68. The number of hydrogen-bond donors (Lipinski definition) is 3. The molecule has 0 aliphatic heterocycles. The van der Waals surface area contributed by atoms with Crippen LogP contribution in [0.4, 0.5) is 23.0 Å². The van der Waals surface area contributed by atoms with Crippen molar-refractivity contribution in [1.82, 2.24) is 15.4 Å². The second-order valence-electron chi connectivity index (χ2n) is 5.96. The van der Waals surface area contributed by atoms with Crippen LogP contribution in [0.25, 0.3) is 0 Å². The summed E-state index contributed by atoms with van der Waals surface area (Å²) in [6.45, 7) is 1.81. The zero-order valence-electron chi connectivity index (χ0n) is 15.2. The SMILES string of the molecule is Cc1ccc(Cl)cc1Nc1ncnc(NNC(=O)c2ccc(Cl)cc2Cl)c1[N+](=O)[O-]. The Morgan fingerprint density at radius 1 is 1.03 bits per heavy atom. The number of nitro groups is 1. The lowest BCUT2D eigenvalue weighted by Crippen LogP contribution is -2.30. The van der Waals surface area contributed by atoms with E-state index < -0.39 is 16.5 Å². The summed E-state index contributed by atoms with van der Waals surface area (Å²) < 4.78 is 0. The van der Waals surface area contributed by atoms with Crippen molar-refractivity contribution in [3.05, 3.63) is 79.0 Å². The molecule has 0 aliphatic rings. The highest BCUT2D eigenvalue weighted by molar-refractivity contribution is 6.36. The van der Waals surface area contributed by atoms with Gasteiger partial charge >= 0.3 is 5.69 Å². The van der Waals surface area contributed by atoms with Crippen molar-refractivity contribution in [1.29, 1.82) is 0 Å². The van der Waals surface area contributed by atoms with Crippen molar-refractivity contribution < 1.29 is 9.72 Å². The Morgan fingerprint density at radius 2 is 1.70 bits per heavy atom. The number of amides is 1. The Hall–Kier alpha value is -3.14. The smallest absolute Gasteiger partial charge is 0.334 e. The fourth-order valence-electron chi connectivity index (χ4n) is 2.45. The van der Waals surface area contributed by atoms with Crippen molar-refractivity contribution in [2.75, 3.05) is 10.7 Å². The Morgan fingerprint density at radius 3 is 2.40 bits per heavy atom. The number of hydrogen-bond acceptors (Lipinski definition) is 7. The van der Waals surface area contributed by atoms with Gasteiger partial charge < -0.3 is 5.32 Å². The maximum absolute atomic E-state index is 12.3. The summed E-state index contributed by atoms with van der Waals surface area (Å²) in [7, 11) is 0. The lowest BCUT2D eigenvalue weighted by molar-refractivity contribution is -0.383. The first-order chi connectivity index (χ1) is 14.3. The Balaban J connectivity index is 1.86. The Kier molecular flexibility index (Phi) is 6.56. The minimum atomic E-state index is -0.675.